The largest absolute Gasteiger partial charge is 0.493 e. The van der Waals surface area contributed by atoms with Gasteiger partial charge in [-0.3, -0.25) is 0 Å². The van der Waals surface area contributed by atoms with Crippen LogP contribution in [-0.4, -0.2) is 30.8 Å². The van der Waals surface area contributed by atoms with Gasteiger partial charge in [0.25, 0.3) is 0 Å². The Labute approximate surface area is 169 Å². The lowest BCUT2D eigenvalue weighted by Crippen LogP contribution is -2.29. The summed E-state index contributed by atoms with van der Waals surface area (Å²) in [5.41, 5.74) is 1.07. The highest BCUT2D eigenvalue weighted by Crippen LogP contribution is 2.41. The zero-order valence-electron chi connectivity index (χ0n) is 16.1. The van der Waals surface area contributed by atoms with Crippen LogP contribution in [0.1, 0.15) is 29.6 Å². The smallest absolute Gasteiger partial charge is 0.162 e. The van der Waals surface area contributed by atoms with Gasteiger partial charge in [-0.05, 0) is 42.2 Å². The fourth-order valence-corrected chi connectivity index (χ4v) is 3.87. The zero-order chi connectivity index (χ0) is 19.8. The summed E-state index contributed by atoms with van der Waals surface area (Å²) in [7, 11) is 3.32. The van der Waals surface area contributed by atoms with E-state index in [1.54, 1.807) is 38.0 Å². The van der Waals surface area contributed by atoms with Crippen LogP contribution in [0.5, 0.6) is 11.5 Å². The van der Waals surface area contributed by atoms with Crippen molar-refractivity contribution in [2.75, 3.05) is 20.8 Å². The third-order valence-corrected chi connectivity index (χ3v) is 5.35. The number of thiazole rings is 1. The molecule has 0 saturated heterocycles. The van der Waals surface area contributed by atoms with Crippen LogP contribution in [0.25, 0.3) is 0 Å². The van der Waals surface area contributed by atoms with Gasteiger partial charge < -0.3 is 14.2 Å². The van der Waals surface area contributed by atoms with E-state index >= 15 is 0 Å². The molecule has 0 aliphatic carbocycles. The summed E-state index contributed by atoms with van der Waals surface area (Å²) in [6.07, 6.45) is 4.25. The second kappa shape index (κ2) is 9.36. The number of aromatic nitrogens is 2. The van der Waals surface area contributed by atoms with Crippen molar-refractivity contribution in [1.82, 2.24) is 9.97 Å². The number of pyridine rings is 1. The molecule has 0 spiro atoms. The number of hydrogen-bond acceptors (Lipinski definition) is 6. The van der Waals surface area contributed by atoms with Crippen LogP contribution < -0.4 is 9.47 Å². The first-order valence-electron chi connectivity index (χ1n) is 8.90. The summed E-state index contributed by atoms with van der Waals surface area (Å²) in [5.74, 6) is 7.19. The Kier molecular flexibility index (Phi) is 6.64. The van der Waals surface area contributed by atoms with Crippen molar-refractivity contribution in [1.29, 1.82) is 0 Å². The van der Waals surface area contributed by atoms with Gasteiger partial charge in [-0.25, -0.2) is 9.97 Å². The lowest BCUT2D eigenvalue weighted by atomic mass is 9.91. The molecule has 0 fully saturated rings. The van der Waals surface area contributed by atoms with Gasteiger partial charge in [0.1, 0.15) is 22.9 Å². The van der Waals surface area contributed by atoms with Gasteiger partial charge in [0, 0.05) is 24.9 Å². The molecule has 1 aromatic carbocycles. The van der Waals surface area contributed by atoms with Crippen molar-refractivity contribution in [2.45, 2.75) is 18.9 Å². The monoisotopic (exact) mass is 394 g/mol. The molecule has 0 aliphatic heterocycles. The van der Waals surface area contributed by atoms with E-state index < -0.39 is 5.60 Å². The molecule has 0 aliphatic rings. The van der Waals surface area contributed by atoms with Crippen LogP contribution >= 0.6 is 11.3 Å². The van der Waals surface area contributed by atoms with Crippen molar-refractivity contribution in [3.63, 3.8) is 0 Å². The molecule has 144 valence electrons. The lowest BCUT2D eigenvalue weighted by molar-refractivity contribution is 0.0182. The van der Waals surface area contributed by atoms with Crippen LogP contribution in [0.3, 0.4) is 0 Å². The number of benzene rings is 1. The average Bonchev–Trinajstić information content (AvgIpc) is 3.29. The first kappa shape index (κ1) is 19.9. The van der Waals surface area contributed by atoms with E-state index in [1.807, 2.05) is 41.8 Å². The second-order valence-corrected chi connectivity index (χ2v) is 6.79. The number of methoxy groups -OCH3 is 2. The maximum atomic E-state index is 5.93. The van der Waals surface area contributed by atoms with E-state index in [1.165, 1.54) is 0 Å². The van der Waals surface area contributed by atoms with E-state index in [0.29, 0.717) is 17.2 Å². The normalized spacial score (nSPS) is 12.5. The van der Waals surface area contributed by atoms with E-state index in [0.717, 1.165) is 17.0 Å². The SMILES string of the molecule is CCC(OC)(c1ccc(OCC#Cc2ccccn2)c(OC)c1)c1nccs1. The van der Waals surface area contributed by atoms with Crippen LogP contribution in [0, 0.1) is 11.8 Å². The van der Waals surface area contributed by atoms with Crippen LogP contribution in [0.2, 0.25) is 0 Å². The van der Waals surface area contributed by atoms with Gasteiger partial charge in [-0.15, -0.1) is 11.3 Å². The Morgan fingerprint density at radius 3 is 2.61 bits per heavy atom. The second-order valence-electron chi connectivity index (χ2n) is 5.89. The standard InChI is InChI=1S/C22H22N2O3S/c1-4-22(26-3,21-24-13-15-28-21)17-10-11-19(20(16-17)25-2)27-14-7-9-18-8-5-6-12-23-18/h5-6,8,10-13,15-16H,4,14H2,1-3H3. The van der Waals surface area contributed by atoms with E-state index in [4.69, 9.17) is 14.2 Å². The third-order valence-electron chi connectivity index (χ3n) is 4.44. The Morgan fingerprint density at radius 2 is 1.96 bits per heavy atom. The molecule has 5 nitrogen and oxygen atoms in total. The van der Waals surface area contributed by atoms with Crippen molar-refractivity contribution in [3.05, 3.63) is 70.4 Å². The Morgan fingerprint density at radius 1 is 1.07 bits per heavy atom. The van der Waals surface area contributed by atoms with Crippen LogP contribution in [0.4, 0.5) is 0 Å². The molecule has 2 heterocycles. The first-order chi connectivity index (χ1) is 13.7. The predicted molar refractivity (Wildman–Crippen MR) is 110 cm³/mol. The van der Waals surface area contributed by atoms with E-state index in [2.05, 4.69) is 28.7 Å². The number of ether oxygens (including phenoxy) is 3. The Balaban J connectivity index is 1.81. The van der Waals surface area contributed by atoms with Gasteiger partial charge in [0.2, 0.25) is 0 Å². The fraction of sp³-hybridized carbons (Fsp3) is 0.273. The van der Waals surface area contributed by atoms with Gasteiger partial charge in [0.05, 0.1) is 7.11 Å². The summed E-state index contributed by atoms with van der Waals surface area (Å²) in [6.45, 7) is 2.32. The summed E-state index contributed by atoms with van der Waals surface area (Å²) < 4.78 is 17.3. The Bertz CT molecular complexity index is 943. The van der Waals surface area contributed by atoms with Crippen molar-refractivity contribution in [2.24, 2.45) is 0 Å². The quantitative estimate of drug-likeness (QED) is 0.560. The molecular weight excluding hydrogens is 372 g/mol. The molecule has 0 amide bonds. The van der Waals surface area contributed by atoms with Gasteiger partial charge in [-0.2, -0.15) is 0 Å². The maximum Gasteiger partial charge on any atom is 0.162 e. The lowest BCUT2D eigenvalue weighted by Gasteiger charge is -2.30. The highest BCUT2D eigenvalue weighted by molar-refractivity contribution is 7.09. The number of hydrogen-bond donors (Lipinski definition) is 0. The molecule has 28 heavy (non-hydrogen) atoms. The van der Waals surface area contributed by atoms with Crippen LogP contribution in [-0.2, 0) is 10.3 Å². The molecular formula is C22H22N2O3S. The minimum Gasteiger partial charge on any atom is -0.493 e. The maximum absolute atomic E-state index is 5.93. The molecule has 0 bridgehead atoms. The zero-order valence-corrected chi connectivity index (χ0v) is 17.0. The third kappa shape index (κ3) is 4.16. The van der Waals surface area contributed by atoms with Gasteiger partial charge in [-0.1, -0.05) is 25.0 Å². The van der Waals surface area contributed by atoms with Crippen molar-refractivity contribution >= 4 is 11.3 Å². The first-order valence-corrected chi connectivity index (χ1v) is 9.77. The topological polar surface area (TPSA) is 53.5 Å². The highest BCUT2D eigenvalue weighted by Gasteiger charge is 2.35. The molecule has 3 aromatic rings. The van der Waals surface area contributed by atoms with Crippen molar-refractivity contribution < 1.29 is 14.2 Å². The molecule has 1 atom stereocenters. The molecule has 1 unspecified atom stereocenters. The number of rotatable bonds is 7. The molecule has 3 rings (SSSR count). The summed E-state index contributed by atoms with van der Waals surface area (Å²) in [6, 6.07) is 11.4. The van der Waals surface area contributed by atoms with Crippen LogP contribution in [0.15, 0.2) is 54.2 Å². The molecule has 0 radical (unpaired) electrons. The fourth-order valence-electron chi connectivity index (χ4n) is 2.97. The van der Waals surface area contributed by atoms with Gasteiger partial charge >= 0.3 is 0 Å². The molecule has 0 saturated carbocycles. The Hall–Kier alpha value is -2.88. The summed E-state index contributed by atoms with van der Waals surface area (Å²) >= 11 is 1.57. The summed E-state index contributed by atoms with van der Waals surface area (Å²) in [5, 5.41) is 2.86. The van der Waals surface area contributed by atoms with Gasteiger partial charge in [0.15, 0.2) is 11.5 Å². The molecule has 6 heteroatoms. The molecule has 0 N–H and O–H groups in total. The van der Waals surface area contributed by atoms with Crippen molar-refractivity contribution in [3.8, 4) is 23.3 Å². The highest BCUT2D eigenvalue weighted by atomic mass is 32.1. The minimum absolute atomic E-state index is 0.238. The number of nitrogens with zero attached hydrogens (tertiary/aromatic N) is 2. The minimum atomic E-state index is -0.612. The summed E-state index contributed by atoms with van der Waals surface area (Å²) in [4.78, 5) is 8.64. The average molecular weight is 394 g/mol. The molecule has 2 aromatic heterocycles. The van der Waals surface area contributed by atoms with E-state index in [9.17, 15) is 0 Å². The van der Waals surface area contributed by atoms with E-state index in [-0.39, 0.29) is 6.61 Å². The predicted octanol–water partition coefficient (Wildman–Crippen LogP) is 4.28.